The SMILES string of the molecule is CCNCc1c[nH]c2cnc(COc3ccccc3)cc12. The first-order valence-electron chi connectivity index (χ1n) is 7.20. The maximum Gasteiger partial charge on any atom is 0.130 e. The Labute approximate surface area is 124 Å². The van der Waals surface area contributed by atoms with Crippen molar-refractivity contribution in [3.8, 4) is 5.75 Å². The number of rotatable bonds is 6. The van der Waals surface area contributed by atoms with Gasteiger partial charge in [0.1, 0.15) is 12.4 Å². The van der Waals surface area contributed by atoms with E-state index in [2.05, 4.69) is 28.3 Å². The minimum atomic E-state index is 0.478. The third kappa shape index (κ3) is 3.23. The molecule has 0 saturated carbocycles. The van der Waals surface area contributed by atoms with E-state index in [1.807, 2.05) is 42.7 Å². The van der Waals surface area contributed by atoms with E-state index in [0.29, 0.717) is 6.61 Å². The zero-order chi connectivity index (χ0) is 14.5. The number of hydrogen-bond donors (Lipinski definition) is 2. The van der Waals surface area contributed by atoms with Crippen LogP contribution in [-0.4, -0.2) is 16.5 Å². The molecule has 0 fully saturated rings. The molecule has 21 heavy (non-hydrogen) atoms. The van der Waals surface area contributed by atoms with Gasteiger partial charge < -0.3 is 15.0 Å². The Kier molecular flexibility index (Phi) is 4.17. The topological polar surface area (TPSA) is 49.9 Å². The molecule has 0 radical (unpaired) electrons. The molecule has 0 unspecified atom stereocenters. The molecule has 2 heterocycles. The predicted octanol–water partition coefficient (Wildman–Crippen LogP) is 3.25. The van der Waals surface area contributed by atoms with Crippen LogP contribution in [0.2, 0.25) is 0 Å². The number of pyridine rings is 1. The number of aromatic amines is 1. The molecule has 0 aliphatic rings. The van der Waals surface area contributed by atoms with Gasteiger partial charge in [-0.25, -0.2) is 0 Å². The van der Waals surface area contributed by atoms with Gasteiger partial charge in [-0.15, -0.1) is 0 Å². The second kappa shape index (κ2) is 6.41. The van der Waals surface area contributed by atoms with Gasteiger partial charge in [-0.2, -0.15) is 0 Å². The number of para-hydroxylation sites is 1. The van der Waals surface area contributed by atoms with Gasteiger partial charge in [0, 0.05) is 18.1 Å². The van der Waals surface area contributed by atoms with E-state index in [1.54, 1.807) is 0 Å². The van der Waals surface area contributed by atoms with Crippen LogP contribution in [0.15, 0.2) is 48.8 Å². The molecule has 2 aromatic heterocycles. The van der Waals surface area contributed by atoms with Crippen molar-refractivity contribution in [2.24, 2.45) is 0 Å². The molecular weight excluding hydrogens is 262 g/mol. The normalized spacial score (nSPS) is 10.9. The van der Waals surface area contributed by atoms with E-state index in [9.17, 15) is 0 Å². The molecule has 4 heteroatoms. The predicted molar refractivity (Wildman–Crippen MR) is 84.2 cm³/mol. The van der Waals surface area contributed by atoms with Crippen molar-refractivity contribution in [1.82, 2.24) is 15.3 Å². The van der Waals surface area contributed by atoms with Crippen LogP contribution in [0.1, 0.15) is 18.2 Å². The summed E-state index contributed by atoms with van der Waals surface area (Å²) in [4.78, 5) is 7.69. The zero-order valence-electron chi connectivity index (χ0n) is 12.1. The minimum Gasteiger partial charge on any atom is -0.487 e. The maximum absolute atomic E-state index is 5.75. The second-order valence-electron chi connectivity index (χ2n) is 4.92. The van der Waals surface area contributed by atoms with E-state index < -0.39 is 0 Å². The zero-order valence-corrected chi connectivity index (χ0v) is 12.1. The van der Waals surface area contributed by atoms with Crippen LogP contribution in [0.3, 0.4) is 0 Å². The van der Waals surface area contributed by atoms with Crippen molar-refractivity contribution in [2.45, 2.75) is 20.1 Å². The molecule has 0 amide bonds. The Balaban J connectivity index is 1.76. The highest BCUT2D eigenvalue weighted by Gasteiger charge is 2.06. The Hall–Kier alpha value is -2.33. The van der Waals surface area contributed by atoms with Gasteiger partial charge in [-0.1, -0.05) is 25.1 Å². The molecule has 3 rings (SSSR count). The Morgan fingerprint density at radius 1 is 1.24 bits per heavy atom. The van der Waals surface area contributed by atoms with Gasteiger partial charge in [0.25, 0.3) is 0 Å². The van der Waals surface area contributed by atoms with E-state index in [4.69, 9.17) is 4.74 Å². The van der Waals surface area contributed by atoms with Crippen LogP contribution >= 0.6 is 0 Å². The molecule has 4 nitrogen and oxygen atoms in total. The Morgan fingerprint density at radius 2 is 2.10 bits per heavy atom. The van der Waals surface area contributed by atoms with Crippen LogP contribution in [0.25, 0.3) is 10.9 Å². The molecule has 0 saturated heterocycles. The van der Waals surface area contributed by atoms with Gasteiger partial charge in [-0.05, 0) is 30.3 Å². The first kappa shape index (κ1) is 13.6. The monoisotopic (exact) mass is 281 g/mol. The largest absolute Gasteiger partial charge is 0.487 e. The molecule has 0 aliphatic heterocycles. The van der Waals surface area contributed by atoms with Crippen molar-refractivity contribution >= 4 is 10.9 Å². The van der Waals surface area contributed by atoms with E-state index >= 15 is 0 Å². The summed E-state index contributed by atoms with van der Waals surface area (Å²) in [6.45, 7) is 4.41. The van der Waals surface area contributed by atoms with Crippen molar-refractivity contribution in [3.63, 3.8) is 0 Å². The molecule has 0 spiro atoms. The lowest BCUT2D eigenvalue weighted by Gasteiger charge is -2.06. The third-order valence-electron chi connectivity index (χ3n) is 3.40. The standard InChI is InChI=1S/C17H19N3O/c1-2-18-9-13-10-20-17-11-19-14(8-16(13)17)12-21-15-6-4-3-5-7-15/h3-8,10-11,18,20H,2,9,12H2,1H3. The molecule has 1 aromatic carbocycles. The summed E-state index contributed by atoms with van der Waals surface area (Å²) < 4.78 is 5.75. The second-order valence-corrected chi connectivity index (χ2v) is 4.92. The Morgan fingerprint density at radius 3 is 2.90 bits per heavy atom. The number of fused-ring (bicyclic) bond motifs is 1. The number of hydrogen-bond acceptors (Lipinski definition) is 3. The van der Waals surface area contributed by atoms with Gasteiger partial charge >= 0.3 is 0 Å². The minimum absolute atomic E-state index is 0.478. The number of nitrogens with zero attached hydrogens (tertiary/aromatic N) is 1. The van der Waals surface area contributed by atoms with Crippen LogP contribution < -0.4 is 10.1 Å². The molecule has 0 atom stereocenters. The highest BCUT2D eigenvalue weighted by Crippen LogP contribution is 2.19. The number of nitrogens with one attached hydrogen (secondary N) is 2. The van der Waals surface area contributed by atoms with Crippen molar-refractivity contribution < 1.29 is 4.74 Å². The molecule has 0 aliphatic carbocycles. The molecule has 0 bridgehead atoms. The highest BCUT2D eigenvalue weighted by molar-refractivity contribution is 5.82. The molecule has 2 N–H and O–H groups in total. The summed E-state index contributed by atoms with van der Waals surface area (Å²) in [5, 5.41) is 4.55. The van der Waals surface area contributed by atoms with Gasteiger partial charge in [0.2, 0.25) is 0 Å². The van der Waals surface area contributed by atoms with Crippen molar-refractivity contribution in [2.75, 3.05) is 6.54 Å². The van der Waals surface area contributed by atoms with Crippen molar-refractivity contribution in [1.29, 1.82) is 0 Å². The quantitative estimate of drug-likeness (QED) is 0.729. The summed E-state index contributed by atoms with van der Waals surface area (Å²) >= 11 is 0. The highest BCUT2D eigenvalue weighted by atomic mass is 16.5. The molecule has 3 aromatic rings. The first-order chi connectivity index (χ1) is 10.4. The first-order valence-corrected chi connectivity index (χ1v) is 7.20. The number of aromatic nitrogens is 2. The summed E-state index contributed by atoms with van der Waals surface area (Å²) in [6.07, 6.45) is 3.91. The van der Waals surface area contributed by atoms with Crippen LogP contribution in [0, 0.1) is 0 Å². The van der Waals surface area contributed by atoms with Gasteiger partial charge in [-0.3, -0.25) is 4.98 Å². The lowest BCUT2D eigenvalue weighted by atomic mass is 10.2. The van der Waals surface area contributed by atoms with Crippen LogP contribution in [0.5, 0.6) is 5.75 Å². The van der Waals surface area contributed by atoms with Gasteiger partial charge in [0.15, 0.2) is 0 Å². The fraction of sp³-hybridized carbons (Fsp3) is 0.235. The average molecular weight is 281 g/mol. The maximum atomic E-state index is 5.75. The lowest BCUT2D eigenvalue weighted by Crippen LogP contribution is -2.11. The summed E-state index contributed by atoms with van der Waals surface area (Å²) in [7, 11) is 0. The fourth-order valence-electron chi connectivity index (χ4n) is 2.28. The van der Waals surface area contributed by atoms with E-state index in [-0.39, 0.29) is 0 Å². The molecule has 108 valence electrons. The third-order valence-corrected chi connectivity index (χ3v) is 3.40. The summed E-state index contributed by atoms with van der Waals surface area (Å²) in [6, 6.07) is 11.9. The number of ether oxygens (including phenoxy) is 1. The number of benzene rings is 1. The van der Waals surface area contributed by atoms with Crippen LogP contribution in [0.4, 0.5) is 0 Å². The van der Waals surface area contributed by atoms with Crippen LogP contribution in [-0.2, 0) is 13.2 Å². The summed E-state index contributed by atoms with van der Waals surface area (Å²) in [5.41, 5.74) is 3.25. The average Bonchev–Trinajstić information content (AvgIpc) is 2.94. The lowest BCUT2D eigenvalue weighted by molar-refractivity contribution is 0.301. The van der Waals surface area contributed by atoms with Gasteiger partial charge in [0.05, 0.1) is 17.4 Å². The Bertz CT molecular complexity index is 706. The smallest absolute Gasteiger partial charge is 0.130 e. The number of H-pyrrole nitrogens is 1. The van der Waals surface area contributed by atoms with E-state index in [1.165, 1.54) is 10.9 Å². The summed E-state index contributed by atoms with van der Waals surface area (Å²) in [5.74, 6) is 0.862. The van der Waals surface area contributed by atoms with Crippen molar-refractivity contribution in [3.05, 3.63) is 60.0 Å². The molecular formula is C17H19N3O. The fourth-order valence-corrected chi connectivity index (χ4v) is 2.28. The van der Waals surface area contributed by atoms with E-state index in [0.717, 1.165) is 30.0 Å².